The van der Waals surface area contributed by atoms with Crippen molar-refractivity contribution in [3.63, 3.8) is 0 Å². The van der Waals surface area contributed by atoms with E-state index in [2.05, 4.69) is 54.1 Å². The first kappa shape index (κ1) is 20.8. The van der Waals surface area contributed by atoms with E-state index in [1.165, 1.54) is 12.0 Å². The van der Waals surface area contributed by atoms with Gasteiger partial charge >= 0.3 is 5.97 Å². The Morgan fingerprint density at radius 1 is 1.06 bits per heavy atom. The van der Waals surface area contributed by atoms with E-state index in [1.807, 2.05) is 25.1 Å². The predicted molar refractivity (Wildman–Crippen MR) is 128 cm³/mol. The van der Waals surface area contributed by atoms with Gasteiger partial charge in [0.1, 0.15) is 6.10 Å². The monoisotopic (exact) mass is 429 g/mol. The maximum absolute atomic E-state index is 13.5. The number of hydrogen-bond acceptors (Lipinski definition) is 4. The van der Waals surface area contributed by atoms with Gasteiger partial charge in [0, 0.05) is 5.70 Å². The smallest absolute Gasteiger partial charge is 0.338 e. The van der Waals surface area contributed by atoms with Gasteiger partial charge in [-0.05, 0) is 61.8 Å². The Balaban J connectivity index is 1.61. The number of esters is 1. The second-order valence-corrected chi connectivity index (χ2v) is 9.35. The highest BCUT2D eigenvalue weighted by Gasteiger charge is 2.36. The van der Waals surface area contributed by atoms with E-state index in [0.717, 1.165) is 53.9 Å². The number of nitrogens with one attached hydrogen (secondary N) is 1. The first-order valence-electron chi connectivity index (χ1n) is 11.8. The number of rotatable bonds is 4. The van der Waals surface area contributed by atoms with Gasteiger partial charge in [0.2, 0.25) is 5.95 Å². The highest BCUT2D eigenvalue weighted by molar-refractivity contribution is 5.94. The number of allylic oxidation sites excluding steroid dienone is 1. The second kappa shape index (κ2) is 8.45. The normalized spacial score (nSPS) is 19.2. The third-order valence-corrected chi connectivity index (χ3v) is 6.80. The molecule has 166 valence electrons. The summed E-state index contributed by atoms with van der Waals surface area (Å²) in [7, 11) is 0. The fourth-order valence-electron chi connectivity index (χ4n) is 5.00. The second-order valence-electron chi connectivity index (χ2n) is 9.35. The third-order valence-electron chi connectivity index (χ3n) is 6.80. The van der Waals surface area contributed by atoms with Crippen LogP contribution in [0.25, 0.3) is 11.0 Å². The lowest BCUT2D eigenvalue weighted by Crippen LogP contribution is -2.31. The van der Waals surface area contributed by atoms with Gasteiger partial charge in [-0.2, -0.15) is 0 Å². The van der Waals surface area contributed by atoms with Gasteiger partial charge in [-0.15, -0.1) is 0 Å². The van der Waals surface area contributed by atoms with Crippen molar-refractivity contribution >= 4 is 23.0 Å². The molecular weight excluding hydrogens is 398 g/mol. The minimum Gasteiger partial charge on any atom is -0.459 e. The standard InChI is InChI=1S/C27H31N3O2/c1-17(2)19-13-15-20(16-14-19)25-24(26(31)32-21-9-5-4-6-10-21)18(3)28-27-29-22-11-7-8-12-23(22)30(25)27/h7-8,11-17,21,25H,4-6,9-10H2,1-3H3,(H,28,29)/t25-/m1/s1. The van der Waals surface area contributed by atoms with E-state index >= 15 is 0 Å². The van der Waals surface area contributed by atoms with Crippen molar-refractivity contribution in [2.75, 3.05) is 5.32 Å². The number of hydrogen-bond donors (Lipinski definition) is 1. The van der Waals surface area contributed by atoms with Gasteiger partial charge in [-0.25, -0.2) is 9.78 Å². The van der Waals surface area contributed by atoms with E-state index < -0.39 is 0 Å². The number of para-hydroxylation sites is 2. The summed E-state index contributed by atoms with van der Waals surface area (Å²) in [5.41, 5.74) is 5.74. The molecule has 2 aromatic carbocycles. The molecule has 2 aliphatic rings. The first-order valence-corrected chi connectivity index (χ1v) is 11.8. The van der Waals surface area contributed by atoms with Crippen LogP contribution in [0.5, 0.6) is 0 Å². The molecule has 1 N–H and O–H groups in total. The molecule has 0 bridgehead atoms. The number of nitrogens with zero attached hydrogens (tertiary/aromatic N) is 2. The molecule has 3 aromatic rings. The molecular formula is C27H31N3O2. The fraction of sp³-hybridized carbons (Fsp3) is 0.407. The highest BCUT2D eigenvalue weighted by Crippen LogP contribution is 2.40. The van der Waals surface area contributed by atoms with Gasteiger partial charge in [-0.1, -0.05) is 56.7 Å². The van der Waals surface area contributed by atoms with Crippen molar-refractivity contribution in [2.45, 2.75) is 70.9 Å². The van der Waals surface area contributed by atoms with Crippen molar-refractivity contribution in [1.29, 1.82) is 0 Å². The van der Waals surface area contributed by atoms with E-state index in [-0.39, 0.29) is 18.1 Å². The van der Waals surface area contributed by atoms with E-state index in [0.29, 0.717) is 11.5 Å². The van der Waals surface area contributed by atoms with Crippen molar-refractivity contribution in [1.82, 2.24) is 9.55 Å². The van der Waals surface area contributed by atoms with Crippen LogP contribution in [0.15, 0.2) is 59.8 Å². The van der Waals surface area contributed by atoms with E-state index in [1.54, 1.807) is 0 Å². The number of imidazole rings is 1. The molecule has 1 fully saturated rings. The molecule has 0 spiro atoms. The van der Waals surface area contributed by atoms with E-state index in [9.17, 15) is 4.79 Å². The number of anilines is 1. The highest BCUT2D eigenvalue weighted by atomic mass is 16.5. The average molecular weight is 430 g/mol. The van der Waals surface area contributed by atoms with Gasteiger partial charge in [0.25, 0.3) is 0 Å². The molecule has 5 rings (SSSR count). The lowest BCUT2D eigenvalue weighted by atomic mass is 9.92. The molecule has 0 amide bonds. The zero-order chi connectivity index (χ0) is 22.2. The lowest BCUT2D eigenvalue weighted by Gasteiger charge is -2.32. The SMILES string of the molecule is CC1=C(C(=O)OC2CCCCC2)[C@@H](c2ccc(C(C)C)cc2)n2c(nc3ccccc32)N1. The van der Waals surface area contributed by atoms with Crippen molar-refractivity contribution in [3.05, 3.63) is 70.9 Å². The molecule has 5 heteroatoms. The fourth-order valence-corrected chi connectivity index (χ4v) is 5.00. The van der Waals surface area contributed by atoms with Crippen molar-refractivity contribution in [3.8, 4) is 0 Å². The number of carbonyl (C=O) groups is 1. The number of ether oxygens (including phenoxy) is 1. The number of fused-ring (bicyclic) bond motifs is 3. The minimum absolute atomic E-state index is 0.0152. The maximum Gasteiger partial charge on any atom is 0.338 e. The lowest BCUT2D eigenvalue weighted by molar-refractivity contribution is -0.146. The summed E-state index contributed by atoms with van der Waals surface area (Å²) in [5.74, 6) is 0.994. The van der Waals surface area contributed by atoms with Crippen LogP contribution in [0, 0.1) is 0 Å². The molecule has 32 heavy (non-hydrogen) atoms. The Morgan fingerprint density at radius 3 is 2.50 bits per heavy atom. The van der Waals surface area contributed by atoms with Crippen LogP contribution in [-0.2, 0) is 9.53 Å². The largest absolute Gasteiger partial charge is 0.459 e. The summed E-state index contributed by atoms with van der Waals surface area (Å²) in [5, 5.41) is 3.38. The summed E-state index contributed by atoms with van der Waals surface area (Å²) in [6, 6.07) is 16.4. The quantitative estimate of drug-likeness (QED) is 0.493. The van der Waals surface area contributed by atoms with Crippen molar-refractivity contribution < 1.29 is 9.53 Å². The van der Waals surface area contributed by atoms with Crippen LogP contribution in [0.3, 0.4) is 0 Å². The summed E-state index contributed by atoms with van der Waals surface area (Å²) in [6.45, 7) is 6.34. The molecule has 0 radical (unpaired) electrons. The zero-order valence-electron chi connectivity index (χ0n) is 19.1. The minimum atomic E-state index is -0.282. The number of aromatic nitrogens is 2. The zero-order valence-corrected chi connectivity index (χ0v) is 19.1. The molecule has 2 heterocycles. The Hall–Kier alpha value is -3.08. The molecule has 1 aliphatic carbocycles. The van der Waals surface area contributed by atoms with Crippen LogP contribution in [0.2, 0.25) is 0 Å². The molecule has 0 unspecified atom stereocenters. The van der Waals surface area contributed by atoms with Crippen LogP contribution >= 0.6 is 0 Å². The van der Waals surface area contributed by atoms with Crippen LogP contribution in [0.4, 0.5) is 5.95 Å². The van der Waals surface area contributed by atoms with Crippen molar-refractivity contribution in [2.24, 2.45) is 0 Å². The molecule has 1 saturated carbocycles. The Labute approximate surface area is 189 Å². The summed E-state index contributed by atoms with van der Waals surface area (Å²) in [6.07, 6.45) is 5.42. The molecule has 1 aromatic heterocycles. The van der Waals surface area contributed by atoms with E-state index in [4.69, 9.17) is 9.72 Å². The molecule has 1 aliphatic heterocycles. The van der Waals surface area contributed by atoms with Gasteiger partial charge < -0.3 is 10.1 Å². The summed E-state index contributed by atoms with van der Waals surface area (Å²) >= 11 is 0. The molecule has 5 nitrogen and oxygen atoms in total. The van der Waals surface area contributed by atoms with Gasteiger partial charge in [0.05, 0.1) is 22.6 Å². The Bertz CT molecular complexity index is 1170. The number of carbonyl (C=O) groups excluding carboxylic acids is 1. The van der Waals surface area contributed by atoms with Gasteiger partial charge in [0.15, 0.2) is 0 Å². The van der Waals surface area contributed by atoms with Crippen LogP contribution in [-0.4, -0.2) is 21.6 Å². The molecule has 1 atom stereocenters. The summed E-state index contributed by atoms with van der Waals surface area (Å²) in [4.78, 5) is 18.3. The Morgan fingerprint density at radius 2 is 1.78 bits per heavy atom. The maximum atomic E-state index is 13.5. The topological polar surface area (TPSA) is 56.2 Å². The predicted octanol–water partition coefficient (Wildman–Crippen LogP) is 6.32. The van der Waals surface area contributed by atoms with Gasteiger partial charge in [-0.3, -0.25) is 4.57 Å². The Kier molecular flexibility index (Phi) is 5.50. The van der Waals surface area contributed by atoms with Crippen LogP contribution < -0.4 is 5.32 Å². The average Bonchev–Trinajstić information content (AvgIpc) is 3.16. The molecule has 0 saturated heterocycles. The first-order chi connectivity index (χ1) is 15.5. The number of benzene rings is 2. The third kappa shape index (κ3) is 3.70. The van der Waals surface area contributed by atoms with Crippen LogP contribution in [0.1, 0.15) is 76.0 Å². The summed E-state index contributed by atoms with van der Waals surface area (Å²) < 4.78 is 8.19.